The van der Waals surface area contributed by atoms with E-state index in [1.54, 1.807) is 31.2 Å². The maximum atomic E-state index is 14.0. The number of aliphatic carboxylic acids is 1. The number of carbonyl (C=O) groups excluding carboxylic acids is 1. The Bertz CT molecular complexity index is 909. The van der Waals surface area contributed by atoms with Gasteiger partial charge in [-0.25, -0.2) is 4.39 Å². The topological polar surface area (TPSA) is 75.4 Å². The molecule has 0 aliphatic carbocycles. The summed E-state index contributed by atoms with van der Waals surface area (Å²) in [6.45, 7) is 1.65. The first kappa shape index (κ1) is 16.3. The molecule has 2 aromatic carbocycles. The summed E-state index contributed by atoms with van der Waals surface area (Å²) >= 11 is 6.22. The summed E-state index contributed by atoms with van der Waals surface area (Å²) in [5.74, 6) is -1.64. The standard InChI is InChI=1S/C17H13ClFNO4/c1-2-12(17(21)22)23-13-8-7-10-15(20-24-16(10)14(13)18)9-5-3-4-6-11(9)19/h3-8,12H,2H2,1H3,(H,21,22)/p-1. The molecule has 7 heteroatoms. The minimum atomic E-state index is -1.33. The summed E-state index contributed by atoms with van der Waals surface area (Å²) in [5.41, 5.74) is 0.784. The third kappa shape index (κ3) is 2.80. The molecule has 3 aromatic rings. The molecule has 1 heterocycles. The number of hydrogen-bond acceptors (Lipinski definition) is 5. The van der Waals surface area contributed by atoms with Crippen molar-refractivity contribution in [2.75, 3.05) is 0 Å². The molecule has 0 amide bonds. The molecule has 0 radical (unpaired) electrons. The van der Waals surface area contributed by atoms with E-state index < -0.39 is 17.9 Å². The molecule has 0 aliphatic heterocycles. The van der Waals surface area contributed by atoms with Crippen molar-refractivity contribution in [3.8, 4) is 17.0 Å². The van der Waals surface area contributed by atoms with Gasteiger partial charge in [0, 0.05) is 5.56 Å². The molecular formula is C17H12ClFNO4-. The molecular weight excluding hydrogens is 337 g/mol. The monoisotopic (exact) mass is 348 g/mol. The van der Waals surface area contributed by atoms with Gasteiger partial charge < -0.3 is 19.2 Å². The predicted molar refractivity (Wildman–Crippen MR) is 84.1 cm³/mol. The lowest BCUT2D eigenvalue weighted by molar-refractivity contribution is -0.313. The summed E-state index contributed by atoms with van der Waals surface area (Å²) in [6.07, 6.45) is -0.915. The van der Waals surface area contributed by atoms with E-state index in [0.29, 0.717) is 11.1 Å². The molecule has 0 bridgehead atoms. The second-order valence-electron chi connectivity index (χ2n) is 5.10. The van der Waals surface area contributed by atoms with Crippen molar-refractivity contribution in [1.29, 1.82) is 0 Å². The van der Waals surface area contributed by atoms with E-state index >= 15 is 0 Å². The Kier molecular flexibility index (Phi) is 4.40. The molecule has 1 unspecified atom stereocenters. The van der Waals surface area contributed by atoms with Crippen LogP contribution in [0.3, 0.4) is 0 Å². The van der Waals surface area contributed by atoms with E-state index in [0.717, 1.165) is 0 Å². The normalized spacial score (nSPS) is 12.3. The molecule has 0 N–H and O–H groups in total. The van der Waals surface area contributed by atoms with E-state index in [-0.39, 0.29) is 28.3 Å². The molecule has 0 saturated carbocycles. The highest BCUT2D eigenvalue weighted by Gasteiger charge is 2.20. The molecule has 5 nitrogen and oxygen atoms in total. The van der Waals surface area contributed by atoms with Crippen LogP contribution in [0.2, 0.25) is 5.02 Å². The Balaban J connectivity index is 2.06. The number of ether oxygens (including phenoxy) is 1. The van der Waals surface area contributed by atoms with Crippen molar-refractivity contribution < 1.29 is 23.6 Å². The molecule has 124 valence electrons. The van der Waals surface area contributed by atoms with E-state index in [1.165, 1.54) is 12.1 Å². The lowest BCUT2D eigenvalue weighted by Gasteiger charge is -2.18. The van der Waals surface area contributed by atoms with Crippen LogP contribution < -0.4 is 9.84 Å². The molecule has 0 spiro atoms. The average molecular weight is 349 g/mol. The molecule has 1 atom stereocenters. The van der Waals surface area contributed by atoms with Crippen molar-refractivity contribution in [2.24, 2.45) is 0 Å². The van der Waals surface area contributed by atoms with Gasteiger partial charge in [-0.1, -0.05) is 35.8 Å². The Hall–Kier alpha value is -2.60. The fraction of sp³-hybridized carbons (Fsp3) is 0.176. The maximum Gasteiger partial charge on any atom is 0.189 e. The van der Waals surface area contributed by atoms with Gasteiger partial charge in [-0.2, -0.15) is 0 Å². The Morgan fingerprint density at radius 3 is 2.79 bits per heavy atom. The van der Waals surface area contributed by atoms with Crippen molar-refractivity contribution in [1.82, 2.24) is 5.16 Å². The number of nitrogens with zero attached hydrogens (tertiary/aromatic N) is 1. The Labute approximate surface area is 141 Å². The quantitative estimate of drug-likeness (QED) is 0.707. The SMILES string of the molecule is CCC(Oc1ccc2c(-c3ccccc3F)noc2c1Cl)C(=O)[O-]. The van der Waals surface area contributed by atoms with Gasteiger partial charge in [0.1, 0.15) is 28.4 Å². The molecule has 24 heavy (non-hydrogen) atoms. The van der Waals surface area contributed by atoms with Crippen LogP contribution in [0.1, 0.15) is 13.3 Å². The van der Waals surface area contributed by atoms with Crippen molar-refractivity contribution in [3.05, 3.63) is 47.2 Å². The van der Waals surface area contributed by atoms with Gasteiger partial charge in [-0.15, -0.1) is 0 Å². The van der Waals surface area contributed by atoms with Gasteiger partial charge in [0.15, 0.2) is 5.58 Å². The van der Waals surface area contributed by atoms with Crippen LogP contribution in [0.4, 0.5) is 4.39 Å². The van der Waals surface area contributed by atoms with Gasteiger partial charge in [0.25, 0.3) is 0 Å². The third-order valence-electron chi connectivity index (χ3n) is 3.58. The summed E-state index contributed by atoms with van der Waals surface area (Å²) in [5, 5.41) is 15.4. The lowest BCUT2D eigenvalue weighted by Crippen LogP contribution is -2.39. The zero-order chi connectivity index (χ0) is 17.3. The van der Waals surface area contributed by atoms with E-state index in [4.69, 9.17) is 20.9 Å². The van der Waals surface area contributed by atoms with Crippen LogP contribution in [0, 0.1) is 5.82 Å². The summed E-state index contributed by atoms with van der Waals surface area (Å²) in [6, 6.07) is 9.25. The number of hydrogen-bond donors (Lipinski definition) is 0. The number of carbonyl (C=O) groups is 1. The highest BCUT2D eigenvalue weighted by Crippen LogP contribution is 2.38. The molecule has 3 rings (SSSR count). The molecule has 0 aliphatic rings. The van der Waals surface area contributed by atoms with Crippen molar-refractivity contribution in [3.63, 3.8) is 0 Å². The minimum Gasteiger partial charge on any atom is -0.546 e. The molecule has 0 fully saturated rings. The number of carboxylic acids is 1. The van der Waals surface area contributed by atoms with Gasteiger partial charge in [0.05, 0.1) is 11.4 Å². The first-order chi connectivity index (χ1) is 11.5. The average Bonchev–Trinajstić information content (AvgIpc) is 2.99. The molecule has 0 saturated heterocycles. The number of carboxylic acid groups (broad SMARTS) is 1. The second kappa shape index (κ2) is 6.49. The smallest absolute Gasteiger partial charge is 0.189 e. The second-order valence-corrected chi connectivity index (χ2v) is 5.48. The summed E-state index contributed by atoms with van der Waals surface area (Å²) < 4.78 is 24.5. The minimum absolute atomic E-state index is 0.0716. The van der Waals surface area contributed by atoms with Crippen LogP contribution in [0.5, 0.6) is 5.75 Å². The number of rotatable bonds is 5. The zero-order valence-corrected chi connectivity index (χ0v) is 13.3. The van der Waals surface area contributed by atoms with Crippen LogP contribution in [-0.2, 0) is 4.79 Å². The van der Waals surface area contributed by atoms with Gasteiger partial charge in [-0.05, 0) is 30.7 Å². The Morgan fingerprint density at radius 1 is 1.38 bits per heavy atom. The van der Waals surface area contributed by atoms with Crippen LogP contribution in [-0.4, -0.2) is 17.2 Å². The van der Waals surface area contributed by atoms with Gasteiger partial charge in [0.2, 0.25) is 0 Å². The lowest BCUT2D eigenvalue weighted by atomic mass is 10.1. The fourth-order valence-electron chi connectivity index (χ4n) is 2.34. The highest BCUT2D eigenvalue weighted by atomic mass is 35.5. The largest absolute Gasteiger partial charge is 0.546 e. The predicted octanol–water partition coefficient (Wildman–Crippen LogP) is 3.19. The Morgan fingerprint density at radius 2 is 2.12 bits per heavy atom. The van der Waals surface area contributed by atoms with Crippen molar-refractivity contribution in [2.45, 2.75) is 19.4 Å². The number of benzene rings is 2. The van der Waals surface area contributed by atoms with Crippen molar-refractivity contribution >= 4 is 28.5 Å². The summed E-state index contributed by atoms with van der Waals surface area (Å²) in [7, 11) is 0. The fourth-order valence-corrected chi connectivity index (χ4v) is 2.59. The number of halogens is 2. The number of aromatic nitrogens is 1. The van der Waals surface area contributed by atoms with Gasteiger partial charge >= 0.3 is 0 Å². The first-order valence-corrected chi connectivity index (χ1v) is 7.61. The van der Waals surface area contributed by atoms with E-state index in [9.17, 15) is 14.3 Å². The zero-order valence-electron chi connectivity index (χ0n) is 12.6. The summed E-state index contributed by atoms with van der Waals surface area (Å²) in [4.78, 5) is 11.0. The molecule has 1 aromatic heterocycles. The van der Waals surface area contributed by atoms with Crippen LogP contribution in [0.15, 0.2) is 40.9 Å². The number of fused-ring (bicyclic) bond motifs is 1. The maximum absolute atomic E-state index is 14.0. The highest BCUT2D eigenvalue weighted by molar-refractivity contribution is 6.36. The third-order valence-corrected chi connectivity index (χ3v) is 3.93. The van der Waals surface area contributed by atoms with Crippen LogP contribution in [0.25, 0.3) is 22.2 Å². The van der Waals surface area contributed by atoms with Gasteiger partial charge in [-0.3, -0.25) is 0 Å². The first-order valence-electron chi connectivity index (χ1n) is 7.23. The van der Waals surface area contributed by atoms with Crippen LogP contribution >= 0.6 is 11.6 Å². The van der Waals surface area contributed by atoms with E-state index in [1.807, 2.05) is 0 Å². The van der Waals surface area contributed by atoms with E-state index in [2.05, 4.69) is 5.16 Å².